The Morgan fingerprint density at radius 1 is 1.27 bits per heavy atom. The smallest absolute Gasteiger partial charge is 0.123 e. The number of hydrogen-bond acceptors (Lipinski definition) is 2. The molecule has 1 saturated heterocycles. The van der Waals surface area contributed by atoms with Gasteiger partial charge in [0.1, 0.15) is 5.82 Å². The van der Waals surface area contributed by atoms with Gasteiger partial charge in [-0.3, -0.25) is 0 Å². The summed E-state index contributed by atoms with van der Waals surface area (Å²) in [7, 11) is 0. The van der Waals surface area contributed by atoms with Crippen LogP contribution < -0.4 is 5.73 Å². The second kappa shape index (κ2) is 3.29. The van der Waals surface area contributed by atoms with Crippen molar-refractivity contribution in [3.8, 4) is 0 Å². The summed E-state index contributed by atoms with van der Waals surface area (Å²) in [6.07, 6.45) is 0. The maximum absolute atomic E-state index is 12.8. The van der Waals surface area contributed by atoms with E-state index in [0.29, 0.717) is 13.2 Å². The van der Waals surface area contributed by atoms with Gasteiger partial charge < -0.3 is 10.5 Å². The van der Waals surface area contributed by atoms with Crippen molar-refractivity contribution >= 4 is 0 Å². The lowest BCUT2D eigenvalue weighted by molar-refractivity contribution is -0.0919. The minimum atomic E-state index is -0.358. The minimum Gasteiger partial charge on any atom is -0.379 e. The van der Waals surface area contributed by atoms with Crippen molar-refractivity contribution in [2.45, 2.75) is 24.8 Å². The number of hydrogen-bond donors (Lipinski definition) is 1. The first-order valence-corrected chi connectivity index (χ1v) is 5.08. The molecule has 2 rings (SSSR count). The van der Waals surface area contributed by atoms with E-state index in [4.69, 9.17) is 10.5 Å². The quantitative estimate of drug-likeness (QED) is 0.806. The van der Waals surface area contributed by atoms with Gasteiger partial charge in [0.25, 0.3) is 0 Å². The molecule has 1 aliphatic rings. The zero-order valence-electron chi connectivity index (χ0n) is 9.09. The molecule has 0 aromatic heterocycles. The lowest BCUT2D eigenvalue weighted by atomic mass is 9.66. The highest BCUT2D eigenvalue weighted by Gasteiger charge is 2.50. The Labute approximate surface area is 89.2 Å². The van der Waals surface area contributed by atoms with Crippen LogP contribution in [0.3, 0.4) is 0 Å². The van der Waals surface area contributed by atoms with Crippen LogP contribution in [0.5, 0.6) is 0 Å². The maximum Gasteiger partial charge on any atom is 0.123 e. The van der Waals surface area contributed by atoms with Crippen molar-refractivity contribution in [2.75, 3.05) is 13.2 Å². The topological polar surface area (TPSA) is 35.2 Å². The first-order chi connectivity index (χ1) is 6.96. The zero-order valence-corrected chi connectivity index (χ0v) is 9.09. The lowest BCUT2D eigenvalue weighted by Gasteiger charge is -2.51. The van der Waals surface area contributed by atoms with Crippen LogP contribution in [0.15, 0.2) is 24.3 Å². The molecule has 0 saturated carbocycles. The number of halogens is 1. The van der Waals surface area contributed by atoms with Gasteiger partial charge in [0.15, 0.2) is 0 Å². The first kappa shape index (κ1) is 10.6. The molecule has 1 aliphatic heterocycles. The molecule has 0 bridgehead atoms. The molecule has 2 N–H and O–H groups in total. The standard InChI is InChI=1S/C12H16FNO/c1-11(2,14)12(7-15-8-12)9-3-5-10(13)6-4-9/h3-6H,7-8,14H2,1-2H3. The minimum absolute atomic E-state index is 0.166. The summed E-state index contributed by atoms with van der Waals surface area (Å²) in [5.41, 5.74) is 6.71. The molecule has 3 heteroatoms. The summed E-state index contributed by atoms with van der Waals surface area (Å²) in [6.45, 7) is 5.20. The van der Waals surface area contributed by atoms with Crippen molar-refractivity contribution in [3.05, 3.63) is 35.6 Å². The molecule has 1 aromatic carbocycles. The maximum atomic E-state index is 12.8. The molecular formula is C12H16FNO. The molecule has 1 aromatic rings. The Bertz CT molecular complexity index is 349. The summed E-state index contributed by atoms with van der Waals surface area (Å²) < 4.78 is 18.1. The third kappa shape index (κ3) is 1.56. The van der Waals surface area contributed by atoms with E-state index < -0.39 is 0 Å². The van der Waals surface area contributed by atoms with Crippen molar-refractivity contribution in [1.82, 2.24) is 0 Å². The van der Waals surface area contributed by atoms with Gasteiger partial charge in [-0.15, -0.1) is 0 Å². The Morgan fingerprint density at radius 2 is 1.80 bits per heavy atom. The van der Waals surface area contributed by atoms with Gasteiger partial charge in [0.2, 0.25) is 0 Å². The summed E-state index contributed by atoms with van der Waals surface area (Å²) >= 11 is 0. The van der Waals surface area contributed by atoms with E-state index in [1.807, 2.05) is 13.8 Å². The van der Waals surface area contributed by atoms with Crippen LogP contribution in [-0.2, 0) is 10.2 Å². The average molecular weight is 209 g/mol. The highest BCUT2D eigenvalue weighted by atomic mass is 19.1. The summed E-state index contributed by atoms with van der Waals surface area (Å²) in [5, 5.41) is 0. The van der Waals surface area contributed by atoms with E-state index in [0.717, 1.165) is 5.56 Å². The Balaban J connectivity index is 2.39. The fourth-order valence-electron chi connectivity index (χ4n) is 1.99. The monoisotopic (exact) mass is 209 g/mol. The van der Waals surface area contributed by atoms with Gasteiger partial charge in [-0.05, 0) is 31.5 Å². The summed E-state index contributed by atoms with van der Waals surface area (Å²) in [5.74, 6) is -0.219. The average Bonchev–Trinajstić information content (AvgIpc) is 2.03. The van der Waals surface area contributed by atoms with Crippen LogP contribution >= 0.6 is 0 Å². The number of ether oxygens (including phenoxy) is 1. The van der Waals surface area contributed by atoms with Gasteiger partial charge in [-0.2, -0.15) is 0 Å². The van der Waals surface area contributed by atoms with Gasteiger partial charge >= 0.3 is 0 Å². The number of benzene rings is 1. The van der Waals surface area contributed by atoms with E-state index in [1.54, 1.807) is 12.1 Å². The van der Waals surface area contributed by atoms with Crippen molar-refractivity contribution < 1.29 is 9.13 Å². The molecule has 0 radical (unpaired) electrons. The second-order valence-electron chi connectivity index (χ2n) is 4.80. The van der Waals surface area contributed by atoms with E-state index in [1.165, 1.54) is 12.1 Å². The molecule has 0 aliphatic carbocycles. The molecule has 0 unspecified atom stereocenters. The zero-order chi connectivity index (χ0) is 11.1. The SMILES string of the molecule is CC(C)(N)C1(c2ccc(F)cc2)COC1. The summed E-state index contributed by atoms with van der Waals surface area (Å²) in [4.78, 5) is 0. The normalized spacial score (nSPS) is 19.7. The van der Waals surface area contributed by atoms with Crippen LogP contribution in [0.1, 0.15) is 19.4 Å². The number of rotatable bonds is 2. The van der Waals surface area contributed by atoms with E-state index in [9.17, 15) is 4.39 Å². The molecule has 0 atom stereocenters. The predicted octanol–water partition coefficient (Wildman–Crippen LogP) is 1.83. The van der Waals surface area contributed by atoms with Crippen LogP contribution in [0.2, 0.25) is 0 Å². The highest BCUT2D eigenvalue weighted by Crippen LogP contribution is 2.40. The third-order valence-corrected chi connectivity index (χ3v) is 3.33. The van der Waals surface area contributed by atoms with Gasteiger partial charge in [-0.25, -0.2) is 4.39 Å². The molecule has 82 valence electrons. The van der Waals surface area contributed by atoms with Crippen molar-refractivity contribution in [1.29, 1.82) is 0 Å². The van der Waals surface area contributed by atoms with Gasteiger partial charge in [0.05, 0.1) is 18.6 Å². The highest BCUT2D eigenvalue weighted by molar-refractivity contribution is 5.33. The first-order valence-electron chi connectivity index (χ1n) is 5.08. The molecule has 0 spiro atoms. The Hall–Kier alpha value is -0.930. The largest absolute Gasteiger partial charge is 0.379 e. The molecule has 0 amide bonds. The fourth-order valence-corrected chi connectivity index (χ4v) is 1.99. The Morgan fingerprint density at radius 3 is 2.13 bits per heavy atom. The fraction of sp³-hybridized carbons (Fsp3) is 0.500. The van der Waals surface area contributed by atoms with Crippen LogP contribution in [0.25, 0.3) is 0 Å². The Kier molecular flexibility index (Phi) is 2.32. The molecular weight excluding hydrogens is 193 g/mol. The van der Waals surface area contributed by atoms with Crippen LogP contribution in [-0.4, -0.2) is 18.8 Å². The second-order valence-corrected chi connectivity index (χ2v) is 4.80. The van der Waals surface area contributed by atoms with E-state index in [-0.39, 0.29) is 16.8 Å². The van der Waals surface area contributed by atoms with Crippen molar-refractivity contribution in [2.24, 2.45) is 5.73 Å². The van der Waals surface area contributed by atoms with Crippen LogP contribution in [0.4, 0.5) is 4.39 Å². The van der Waals surface area contributed by atoms with E-state index >= 15 is 0 Å². The lowest BCUT2D eigenvalue weighted by Crippen LogP contribution is -2.64. The predicted molar refractivity (Wildman–Crippen MR) is 57.2 cm³/mol. The van der Waals surface area contributed by atoms with Crippen molar-refractivity contribution in [3.63, 3.8) is 0 Å². The third-order valence-electron chi connectivity index (χ3n) is 3.33. The van der Waals surface area contributed by atoms with E-state index in [2.05, 4.69) is 0 Å². The van der Waals surface area contributed by atoms with Crippen LogP contribution in [0, 0.1) is 5.82 Å². The number of nitrogens with two attached hydrogens (primary N) is 1. The summed E-state index contributed by atoms with van der Waals surface area (Å²) in [6, 6.07) is 6.54. The van der Waals surface area contributed by atoms with Gasteiger partial charge in [-0.1, -0.05) is 12.1 Å². The molecule has 1 fully saturated rings. The van der Waals surface area contributed by atoms with Gasteiger partial charge in [0, 0.05) is 5.54 Å². The molecule has 15 heavy (non-hydrogen) atoms. The molecule has 1 heterocycles. The molecule has 2 nitrogen and oxygen atoms in total.